The Balaban J connectivity index is 1.51. The third-order valence-corrected chi connectivity index (χ3v) is 6.46. The van der Waals surface area contributed by atoms with Crippen molar-refractivity contribution >= 4 is 28.9 Å². The second-order valence-corrected chi connectivity index (χ2v) is 10.1. The van der Waals surface area contributed by atoms with Gasteiger partial charge in [-0.2, -0.15) is 0 Å². The third kappa shape index (κ3) is 5.91. The zero-order valence-electron chi connectivity index (χ0n) is 20.4. The number of aromatic nitrogens is 2. The van der Waals surface area contributed by atoms with Crippen molar-refractivity contribution in [2.45, 2.75) is 64.0 Å². The van der Waals surface area contributed by atoms with Crippen LogP contribution in [0.5, 0.6) is 0 Å². The lowest BCUT2D eigenvalue weighted by molar-refractivity contribution is 0.0205. The normalized spacial score (nSPS) is 18.7. The van der Waals surface area contributed by atoms with Crippen molar-refractivity contribution in [1.82, 2.24) is 25.5 Å². The van der Waals surface area contributed by atoms with Crippen LogP contribution in [0.15, 0.2) is 30.6 Å². The molecule has 2 aromatic rings. The lowest BCUT2D eigenvalue weighted by Crippen LogP contribution is -2.41. The fourth-order valence-corrected chi connectivity index (χ4v) is 4.61. The summed E-state index contributed by atoms with van der Waals surface area (Å²) in [6.45, 7) is 9.02. The zero-order chi connectivity index (χ0) is 24.1. The average Bonchev–Trinajstić information content (AvgIpc) is 2.84. The van der Waals surface area contributed by atoms with Gasteiger partial charge in [-0.3, -0.25) is 4.98 Å². The van der Waals surface area contributed by atoms with E-state index < -0.39 is 5.60 Å². The van der Waals surface area contributed by atoms with E-state index in [1.165, 1.54) is 6.21 Å². The van der Waals surface area contributed by atoms with Crippen LogP contribution in [-0.2, 0) is 4.74 Å². The van der Waals surface area contributed by atoms with E-state index in [-0.39, 0.29) is 6.09 Å². The Morgan fingerprint density at radius 1 is 1.21 bits per heavy atom. The minimum Gasteiger partial charge on any atom is -0.444 e. The van der Waals surface area contributed by atoms with Gasteiger partial charge in [0, 0.05) is 37.1 Å². The molecule has 3 N–H and O–H groups in total. The molecule has 2 fully saturated rings. The Kier molecular flexibility index (Phi) is 7.46. The maximum atomic E-state index is 12.4. The van der Waals surface area contributed by atoms with Crippen LogP contribution in [0.3, 0.4) is 0 Å². The summed E-state index contributed by atoms with van der Waals surface area (Å²) < 4.78 is 5.54. The summed E-state index contributed by atoms with van der Waals surface area (Å²) in [6, 6.07) is 6.54. The highest BCUT2D eigenvalue weighted by molar-refractivity contribution is 6.07. The number of ether oxygens (including phenoxy) is 1. The van der Waals surface area contributed by atoms with E-state index in [1.807, 2.05) is 39.1 Å². The van der Waals surface area contributed by atoms with Gasteiger partial charge in [0.05, 0.1) is 22.9 Å². The van der Waals surface area contributed by atoms with Crippen LogP contribution in [0.25, 0.3) is 16.6 Å². The van der Waals surface area contributed by atoms with Gasteiger partial charge in [0.25, 0.3) is 0 Å². The first-order valence-electron chi connectivity index (χ1n) is 12.3. The van der Waals surface area contributed by atoms with Gasteiger partial charge in [-0.15, -0.1) is 0 Å². The molecule has 8 nitrogen and oxygen atoms in total. The second kappa shape index (κ2) is 10.5. The molecular formula is C26H36N6O2. The molecule has 0 aliphatic carbocycles. The fourth-order valence-electron chi connectivity index (χ4n) is 4.61. The van der Waals surface area contributed by atoms with Gasteiger partial charge in [0.1, 0.15) is 5.60 Å². The van der Waals surface area contributed by atoms with Crippen LogP contribution in [0.4, 0.5) is 4.79 Å². The zero-order valence-corrected chi connectivity index (χ0v) is 20.4. The lowest BCUT2D eigenvalue weighted by atomic mass is 9.88. The minimum absolute atomic E-state index is 0.243. The molecule has 34 heavy (non-hydrogen) atoms. The molecule has 4 rings (SSSR count). The summed E-state index contributed by atoms with van der Waals surface area (Å²) in [7, 11) is 0. The van der Waals surface area contributed by atoms with Gasteiger partial charge in [-0.25, -0.2) is 9.78 Å². The molecule has 0 spiro atoms. The number of carbonyl (C=O) groups excluding carboxylic acids is 1. The van der Waals surface area contributed by atoms with E-state index in [2.05, 4.69) is 21.7 Å². The van der Waals surface area contributed by atoms with Crippen LogP contribution in [0, 0.1) is 5.41 Å². The summed E-state index contributed by atoms with van der Waals surface area (Å²) in [5.74, 6) is 0.298. The number of fused-ring (bicyclic) bond motifs is 1. The SMILES string of the molecule is CC(C)(C)OC(=O)N1CCC(c2cccc3ncc(/C(C=N)=C/NC4CCNCC4)nc23)CC1. The number of para-hydroxylation sites is 1. The Morgan fingerprint density at radius 2 is 1.94 bits per heavy atom. The fraction of sp³-hybridized carbons (Fsp3) is 0.538. The van der Waals surface area contributed by atoms with Crippen molar-refractivity contribution in [2.24, 2.45) is 0 Å². The molecule has 182 valence electrons. The van der Waals surface area contributed by atoms with E-state index in [4.69, 9.17) is 15.1 Å². The molecule has 0 saturated carbocycles. The van der Waals surface area contributed by atoms with Gasteiger partial charge in [-0.1, -0.05) is 12.1 Å². The molecule has 0 atom stereocenters. The highest BCUT2D eigenvalue weighted by atomic mass is 16.6. The predicted molar refractivity (Wildman–Crippen MR) is 135 cm³/mol. The Hall–Kier alpha value is -3.00. The standard InChI is InChI=1S/C26H36N6O2/c1-26(2,3)34-25(33)32-13-9-18(10-14-32)21-5-4-6-22-24(21)31-23(17-30-22)19(15-27)16-29-20-7-11-28-12-8-20/h4-6,15-18,20,27-29H,7-14H2,1-3H3/b19-16+,27-15?. The summed E-state index contributed by atoms with van der Waals surface area (Å²) >= 11 is 0. The number of nitrogens with zero attached hydrogens (tertiary/aromatic N) is 3. The smallest absolute Gasteiger partial charge is 0.410 e. The second-order valence-electron chi connectivity index (χ2n) is 10.1. The molecule has 2 saturated heterocycles. The van der Waals surface area contributed by atoms with Gasteiger partial charge >= 0.3 is 6.09 Å². The quantitative estimate of drug-likeness (QED) is 0.576. The average molecular weight is 465 g/mol. The van der Waals surface area contributed by atoms with E-state index in [1.54, 1.807) is 11.1 Å². The van der Waals surface area contributed by atoms with Gasteiger partial charge < -0.3 is 25.7 Å². The number of rotatable bonds is 5. The summed E-state index contributed by atoms with van der Waals surface area (Å²) in [6.07, 6.45) is 8.59. The van der Waals surface area contributed by atoms with E-state index >= 15 is 0 Å². The van der Waals surface area contributed by atoms with E-state index in [0.29, 0.717) is 30.7 Å². The monoisotopic (exact) mass is 464 g/mol. The van der Waals surface area contributed by atoms with Gasteiger partial charge in [0.2, 0.25) is 0 Å². The summed E-state index contributed by atoms with van der Waals surface area (Å²) in [4.78, 5) is 23.8. The number of hydrogen-bond acceptors (Lipinski definition) is 7. The number of nitrogens with one attached hydrogen (secondary N) is 3. The molecule has 2 aliphatic heterocycles. The molecule has 1 aromatic heterocycles. The molecule has 2 aliphatic rings. The van der Waals surface area contributed by atoms with Crippen LogP contribution in [0.2, 0.25) is 0 Å². The van der Waals surface area contributed by atoms with Crippen molar-refractivity contribution in [1.29, 1.82) is 5.41 Å². The molecular weight excluding hydrogens is 428 g/mol. The van der Waals surface area contributed by atoms with Crippen LogP contribution >= 0.6 is 0 Å². The molecule has 3 heterocycles. The maximum Gasteiger partial charge on any atom is 0.410 e. The van der Waals surface area contributed by atoms with Crippen LogP contribution in [0.1, 0.15) is 63.6 Å². The van der Waals surface area contributed by atoms with Crippen molar-refractivity contribution < 1.29 is 9.53 Å². The maximum absolute atomic E-state index is 12.4. The first-order chi connectivity index (χ1) is 16.3. The minimum atomic E-state index is -0.488. The highest BCUT2D eigenvalue weighted by Crippen LogP contribution is 2.32. The van der Waals surface area contributed by atoms with Crippen molar-refractivity contribution in [3.63, 3.8) is 0 Å². The van der Waals surface area contributed by atoms with Crippen molar-refractivity contribution in [3.8, 4) is 0 Å². The lowest BCUT2D eigenvalue weighted by Gasteiger charge is -2.33. The number of hydrogen-bond donors (Lipinski definition) is 3. The summed E-state index contributed by atoms with van der Waals surface area (Å²) in [5, 5.41) is 14.8. The number of amides is 1. The number of benzene rings is 1. The largest absolute Gasteiger partial charge is 0.444 e. The van der Waals surface area contributed by atoms with Gasteiger partial charge in [0.15, 0.2) is 0 Å². The highest BCUT2D eigenvalue weighted by Gasteiger charge is 2.28. The van der Waals surface area contributed by atoms with Crippen molar-refractivity contribution in [2.75, 3.05) is 26.2 Å². The topological polar surface area (TPSA) is 103 Å². The number of allylic oxidation sites excluding steroid dienone is 1. The molecule has 1 aromatic carbocycles. The van der Waals surface area contributed by atoms with Gasteiger partial charge in [-0.05, 0) is 77.1 Å². The molecule has 0 unspecified atom stereocenters. The Morgan fingerprint density at radius 3 is 2.62 bits per heavy atom. The van der Waals surface area contributed by atoms with Crippen LogP contribution in [-0.4, -0.2) is 65.0 Å². The number of carbonyl (C=O) groups is 1. The predicted octanol–water partition coefficient (Wildman–Crippen LogP) is 4.08. The van der Waals surface area contributed by atoms with E-state index in [9.17, 15) is 4.79 Å². The Labute approximate surface area is 201 Å². The first kappa shape index (κ1) is 24.1. The molecule has 0 bridgehead atoms. The first-order valence-corrected chi connectivity index (χ1v) is 12.3. The van der Waals surface area contributed by atoms with Crippen molar-refractivity contribution in [3.05, 3.63) is 41.9 Å². The number of piperidine rings is 2. The van der Waals surface area contributed by atoms with Crippen LogP contribution < -0.4 is 10.6 Å². The molecule has 1 amide bonds. The third-order valence-electron chi connectivity index (χ3n) is 6.46. The van der Waals surface area contributed by atoms with E-state index in [0.717, 1.165) is 60.9 Å². The molecule has 8 heteroatoms. The Bertz CT molecular complexity index is 1050. The summed E-state index contributed by atoms with van der Waals surface area (Å²) in [5.41, 5.74) is 3.83. The number of likely N-dealkylation sites (tertiary alicyclic amines) is 1. The molecule has 0 radical (unpaired) electrons.